The van der Waals surface area contributed by atoms with Crippen molar-refractivity contribution >= 4 is 15.5 Å². The highest BCUT2D eigenvalue weighted by Gasteiger charge is 2.20. The largest absolute Gasteiger partial charge is 0.385 e. The van der Waals surface area contributed by atoms with Crippen LogP contribution in [0.4, 0.5) is 5.69 Å². The summed E-state index contributed by atoms with van der Waals surface area (Å²) in [6.07, 6.45) is 1.89. The van der Waals surface area contributed by atoms with Crippen LogP contribution in [0.5, 0.6) is 0 Å². The average molecular weight is 310 g/mol. The second-order valence-corrected chi connectivity index (χ2v) is 7.88. The number of likely N-dealkylation sites (tertiary alicyclic amines) is 1. The Hall–Kier alpha value is -1.07. The number of rotatable bonds is 7. The Morgan fingerprint density at radius 1 is 1.24 bits per heavy atom. The summed E-state index contributed by atoms with van der Waals surface area (Å²) in [6.45, 7) is 8.52. The number of anilines is 1. The smallest absolute Gasteiger partial charge is 0.178 e. The van der Waals surface area contributed by atoms with Gasteiger partial charge in [0.15, 0.2) is 9.84 Å². The predicted octanol–water partition coefficient (Wildman–Crippen LogP) is 2.62. The van der Waals surface area contributed by atoms with Gasteiger partial charge in [-0.15, -0.1) is 0 Å². The Kier molecular flexibility index (Phi) is 5.65. The molecule has 0 saturated carbocycles. The monoisotopic (exact) mass is 310 g/mol. The molecular weight excluding hydrogens is 284 g/mol. The molecule has 1 aromatic carbocycles. The predicted molar refractivity (Wildman–Crippen MR) is 87.5 cm³/mol. The molecule has 1 fully saturated rings. The summed E-state index contributed by atoms with van der Waals surface area (Å²) >= 11 is 0. The molecule has 0 amide bonds. The molecule has 1 aliphatic rings. The molecule has 0 spiro atoms. The number of nitrogens with zero attached hydrogens (tertiary/aromatic N) is 1. The van der Waals surface area contributed by atoms with E-state index in [-0.39, 0.29) is 5.75 Å². The van der Waals surface area contributed by atoms with Crippen molar-refractivity contribution in [3.05, 3.63) is 24.3 Å². The van der Waals surface area contributed by atoms with E-state index in [4.69, 9.17) is 0 Å². The summed E-state index contributed by atoms with van der Waals surface area (Å²) in [7, 11) is -3.10. The van der Waals surface area contributed by atoms with E-state index in [0.717, 1.165) is 25.3 Å². The number of benzene rings is 1. The van der Waals surface area contributed by atoms with E-state index in [0.29, 0.717) is 17.2 Å². The number of hydrogen-bond acceptors (Lipinski definition) is 4. The standard InChI is InChI=1S/C16H26N2O2S/c1-3-11-21(19,20)16-7-5-15(6-8-16)17-12-14-9-10-18(4-2)13-14/h5-8,14,17H,3-4,9-13H2,1-2H3. The molecule has 0 aliphatic carbocycles. The summed E-state index contributed by atoms with van der Waals surface area (Å²) in [5.41, 5.74) is 1.00. The minimum atomic E-state index is -3.10. The molecule has 1 aromatic rings. The molecule has 1 N–H and O–H groups in total. The van der Waals surface area contributed by atoms with Crippen LogP contribution in [-0.2, 0) is 9.84 Å². The van der Waals surface area contributed by atoms with Gasteiger partial charge in [0, 0.05) is 18.8 Å². The van der Waals surface area contributed by atoms with Crippen LogP contribution < -0.4 is 5.32 Å². The molecule has 5 heteroatoms. The zero-order chi connectivity index (χ0) is 15.3. The van der Waals surface area contributed by atoms with Gasteiger partial charge in [-0.05, 0) is 56.1 Å². The normalized spacial score (nSPS) is 19.8. The Labute approximate surface area is 128 Å². The Bertz CT molecular complexity index is 540. The van der Waals surface area contributed by atoms with Crippen molar-refractivity contribution in [2.45, 2.75) is 31.6 Å². The first-order valence-corrected chi connectivity index (χ1v) is 9.49. The third-order valence-corrected chi connectivity index (χ3v) is 6.03. The molecule has 21 heavy (non-hydrogen) atoms. The first-order chi connectivity index (χ1) is 10.0. The van der Waals surface area contributed by atoms with Crippen molar-refractivity contribution in [2.75, 3.05) is 37.2 Å². The first kappa shape index (κ1) is 16.3. The van der Waals surface area contributed by atoms with Crippen LogP contribution in [0.3, 0.4) is 0 Å². The van der Waals surface area contributed by atoms with Gasteiger partial charge in [0.1, 0.15) is 0 Å². The van der Waals surface area contributed by atoms with Gasteiger partial charge in [-0.3, -0.25) is 0 Å². The van der Waals surface area contributed by atoms with Gasteiger partial charge < -0.3 is 10.2 Å². The maximum absolute atomic E-state index is 12.0. The van der Waals surface area contributed by atoms with Gasteiger partial charge >= 0.3 is 0 Å². The molecule has 1 atom stereocenters. The fraction of sp³-hybridized carbons (Fsp3) is 0.625. The minimum Gasteiger partial charge on any atom is -0.385 e. The lowest BCUT2D eigenvalue weighted by Gasteiger charge is -2.14. The number of hydrogen-bond donors (Lipinski definition) is 1. The molecule has 1 heterocycles. The van der Waals surface area contributed by atoms with Crippen LogP contribution in [0.2, 0.25) is 0 Å². The van der Waals surface area contributed by atoms with Crippen molar-refractivity contribution < 1.29 is 8.42 Å². The summed E-state index contributed by atoms with van der Waals surface area (Å²) < 4.78 is 23.9. The molecule has 2 rings (SSSR count). The quantitative estimate of drug-likeness (QED) is 0.841. The Morgan fingerprint density at radius 3 is 2.52 bits per heavy atom. The fourth-order valence-corrected chi connectivity index (χ4v) is 4.12. The van der Waals surface area contributed by atoms with E-state index in [1.54, 1.807) is 12.1 Å². The molecule has 0 aromatic heterocycles. The Balaban J connectivity index is 1.88. The average Bonchev–Trinajstić information content (AvgIpc) is 2.93. The molecular formula is C16H26N2O2S. The third-order valence-electron chi connectivity index (χ3n) is 4.10. The summed E-state index contributed by atoms with van der Waals surface area (Å²) in [4.78, 5) is 2.89. The minimum absolute atomic E-state index is 0.217. The number of sulfone groups is 1. The zero-order valence-corrected chi connectivity index (χ0v) is 13.8. The highest BCUT2D eigenvalue weighted by molar-refractivity contribution is 7.91. The molecule has 0 bridgehead atoms. The van der Waals surface area contributed by atoms with Gasteiger partial charge in [-0.25, -0.2) is 8.42 Å². The van der Waals surface area contributed by atoms with Gasteiger partial charge in [0.25, 0.3) is 0 Å². The molecule has 0 radical (unpaired) electrons. The maximum Gasteiger partial charge on any atom is 0.178 e. The van der Waals surface area contributed by atoms with E-state index in [9.17, 15) is 8.42 Å². The van der Waals surface area contributed by atoms with Crippen LogP contribution in [0, 0.1) is 5.92 Å². The summed E-state index contributed by atoms with van der Waals surface area (Å²) in [6, 6.07) is 7.16. The van der Waals surface area contributed by atoms with Crippen molar-refractivity contribution in [3.63, 3.8) is 0 Å². The van der Waals surface area contributed by atoms with Crippen molar-refractivity contribution in [1.29, 1.82) is 0 Å². The summed E-state index contributed by atoms with van der Waals surface area (Å²) in [5.74, 6) is 0.905. The van der Waals surface area contributed by atoms with E-state index < -0.39 is 9.84 Å². The van der Waals surface area contributed by atoms with Crippen LogP contribution in [0.15, 0.2) is 29.2 Å². The second-order valence-electron chi connectivity index (χ2n) is 5.77. The fourth-order valence-electron chi connectivity index (χ4n) is 2.80. The third kappa shape index (κ3) is 4.45. The lowest BCUT2D eigenvalue weighted by atomic mass is 10.1. The van der Waals surface area contributed by atoms with E-state index in [2.05, 4.69) is 17.1 Å². The van der Waals surface area contributed by atoms with Crippen LogP contribution in [0.25, 0.3) is 0 Å². The van der Waals surface area contributed by atoms with Gasteiger partial charge in [-0.1, -0.05) is 13.8 Å². The second kappa shape index (κ2) is 7.27. The van der Waals surface area contributed by atoms with E-state index in [1.165, 1.54) is 13.0 Å². The Morgan fingerprint density at radius 2 is 1.95 bits per heavy atom. The number of nitrogens with one attached hydrogen (secondary N) is 1. The summed E-state index contributed by atoms with van der Waals surface area (Å²) in [5, 5.41) is 3.42. The molecule has 4 nitrogen and oxygen atoms in total. The van der Waals surface area contributed by atoms with Gasteiger partial charge in [0.2, 0.25) is 0 Å². The SMILES string of the molecule is CCCS(=O)(=O)c1ccc(NCC2CCN(CC)C2)cc1. The van der Waals surface area contributed by atoms with Crippen molar-refractivity contribution in [2.24, 2.45) is 5.92 Å². The maximum atomic E-state index is 12.0. The highest BCUT2D eigenvalue weighted by atomic mass is 32.2. The van der Waals surface area contributed by atoms with Gasteiger partial charge in [-0.2, -0.15) is 0 Å². The highest BCUT2D eigenvalue weighted by Crippen LogP contribution is 2.19. The first-order valence-electron chi connectivity index (χ1n) is 7.84. The lowest BCUT2D eigenvalue weighted by molar-refractivity contribution is 0.345. The van der Waals surface area contributed by atoms with E-state index in [1.807, 2.05) is 19.1 Å². The van der Waals surface area contributed by atoms with E-state index >= 15 is 0 Å². The topological polar surface area (TPSA) is 49.4 Å². The molecule has 118 valence electrons. The van der Waals surface area contributed by atoms with Crippen molar-refractivity contribution in [3.8, 4) is 0 Å². The van der Waals surface area contributed by atoms with Gasteiger partial charge in [0.05, 0.1) is 10.6 Å². The molecule has 1 aliphatic heterocycles. The van der Waals surface area contributed by atoms with Crippen LogP contribution >= 0.6 is 0 Å². The molecule has 1 saturated heterocycles. The zero-order valence-electron chi connectivity index (χ0n) is 13.0. The van der Waals surface area contributed by atoms with Crippen LogP contribution in [-0.4, -0.2) is 45.2 Å². The molecule has 1 unspecified atom stereocenters. The van der Waals surface area contributed by atoms with Crippen molar-refractivity contribution in [1.82, 2.24) is 4.90 Å². The lowest BCUT2D eigenvalue weighted by Crippen LogP contribution is -2.22. The van der Waals surface area contributed by atoms with Crippen LogP contribution in [0.1, 0.15) is 26.7 Å².